The Labute approximate surface area is 232 Å². The first-order chi connectivity index (χ1) is 19.4. The van der Waals surface area contributed by atoms with E-state index in [1.165, 1.54) is 6.33 Å². The molecule has 1 amide bonds. The fourth-order valence-corrected chi connectivity index (χ4v) is 4.51. The van der Waals surface area contributed by atoms with E-state index >= 15 is 0 Å². The molecule has 0 bridgehead atoms. The lowest BCUT2D eigenvalue weighted by atomic mass is 9.98. The second-order valence-corrected chi connectivity index (χ2v) is 9.38. The lowest BCUT2D eigenvalue weighted by Gasteiger charge is -2.13. The molecule has 0 radical (unpaired) electrons. The maximum absolute atomic E-state index is 12.1. The first-order valence-corrected chi connectivity index (χ1v) is 12.8. The van der Waals surface area contributed by atoms with Crippen molar-refractivity contribution in [2.75, 3.05) is 24.8 Å². The lowest BCUT2D eigenvalue weighted by Crippen LogP contribution is -2.11. The molecule has 9 nitrogen and oxygen atoms in total. The Balaban J connectivity index is 1.63. The quantitative estimate of drug-likeness (QED) is 0.223. The number of pyridine rings is 1. The zero-order chi connectivity index (χ0) is 28.2. The molecular formula is C31H30N6O3. The highest BCUT2D eigenvalue weighted by Gasteiger charge is 2.23. The lowest BCUT2D eigenvalue weighted by molar-refractivity contribution is -0.112. The SMILES string of the molecule is C=C(C)C(=O)Nc1ccc(-c2c(-c3ccc(Oc4cccc(C)n4)cc3)c3c(N)ncnc3n2CCOC)cc1. The van der Waals surface area contributed by atoms with Gasteiger partial charge in [0.05, 0.1) is 17.7 Å². The molecule has 0 aliphatic carbocycles. The van der Waals surface area contributed by atoms with Crippen molar-refractivity contribution in [2.45, 2.75) is 20.4 Å². The van der Waals surface area contributed by atoms with Gasteiger partial charge in [-0.05, 0) is 55.3 Å². The topological polar surface area (TPSA) is 117 Å². The number of carbonyl (C=O) groups excluding carboxylic acids is 1. The zero-order valence-electron chi connectivity index (χ0n) is 22.6. The van der Waals surface area contributed by atoms with E-state index in [1.807, 2.05) is 73.7 Å². The molecule has 3 aromatic heterocycles. The number of hydrogen-bond acceptors (Lipinski definition) is 7. The zero-order valence-corrected chi connectivity index (χ0v) is 22.6. The molecule has 0 aliphatic rings. The van der Waals surface area contributed by atoms with Gasteiger partial charge in [0.15, 0.2) is 0 Å². The number of anilines is 2. The maximum Gasteiger partial charge on any atom is 0.250 e. The number of carbonyl (C=O) groups is 1. The second kappa shape index (κ2) is 11.4. The van der Waals surface area contributed by atoms with Crippen molar-refractivity contribution in [1.29, 1.82) is 0 Å². The van der Waals surface area contributed by atoms with Crippen molar-refractivity contribution >= 4 is 28.4 Å². The average molecular weight is 535 g/mol. The summed E-state index contributed by atoms with van der Waals surface area (Å²) in [7, 11) is 1.66. The molecule has 0 unspecified atom stereocenters. The van der Waals surface area contributed by atoms with Crippen LogP contribution >= 0.6 is 0 Å². The van der Waals surface area contributed by atoms with Gasteiger partial charge in [-0.3, -0.25) is 4.79 Å². The molecule has 3 N–H and O–H groups in total. The van der Waals surface area contributed by atoms with Crippen molar-refractivity contribution in [3.63, 3.8) is 0 Å². The molecule has 3 heterocycles. The number of nitrogens with zero attached hydrogens (tertiary/aromatic N) is 4. The van der Waals surface area contributed by atoms with Gasteiger partial charge < -0.3 is 25.1 Å². The number of benzene rings is 2. The fourth-order valence-electron chi connectivity index (χ4n) is 4.51. The summed E-state index contributed by atoms with van der Waals surface area (Å²) < 4.78 is 13.5. The third-order valence-corrected chi connectivity index (χ3v) is 6.42. The number of hydrogen-bond donors (Lipinski definition) is 2. The Morgan fingerprint density at radius 3 is 2.42 bits per heavy atom. The molecule has 5 rings (SSSR count). The number of aromatic nitrogens is 4. The number of aryl methyl sites for hydroxylation is 1. The monoisotopic (exact) mass is 534 g/mol. The Hall–Kier alpha value is -5.02. The first kappa shape index (κ1) is 26.6. The number of nitrogens with two attached hydrogens (primary N) is 1. The number of nitrogen functional groups attached to an aromatic ring is 1. The van der Waals surface area contributed by atoms with Crippen LogP contribution in [0.25, 0.3) is 33.4 Å². The van der Waals surface area contributed by atoms with Crippen molar-refractivity contribution in [3.8, 4) is 34.0 Å². The molecule has 0 saturated heterocycles. The molecule has 0 atom stereocenters. The van der Waals surface area contributed by atoms with Crippen LogP contribution < -0.4 is 15.8 Å². The molecule has 202 valence electrons. The summed E-state index contributed by atoms with van der Waals surface area (Å²) in [4.78, 5) is 25.4. The van der Waals surface area contributed by atoms with Crippen molar-refractivity contribution in [3.05, 3.63) is 90.9 Å². The van der Waals surface area contributed by atoms with E-state index in [0.29, 0.717) is 47.5 Å². The molecule has 0 spiro atoms. The number of amides is 1. The highest BCUT2D eigenvalue weighted by Crippen LogP contribution is 2.42. The van der Waals surface area contributed by atoms with E-state index in [4.69, 9.17) is 15.2 Å². The smallest absolute Gasteiger partial charge is 0.250 e. The van der Waals surface area contributed by atoms with Gasteiger partial charge in [-0.25, -0.2) is 15.0 Å². The Kier molecular flexibility index (Phi) is 7.56. The Morgan fingerprint density at radius 1 is 1.02 bits per heavy atom. The first-order valence-electron chi connectivity index (χ1n) is 12.8. The van der Waals surface area contributed by atoms with Gasteiger partial charge in [-0.2, -0.15) is 0 Å². The average Bonchev–Trinajstić information content (AvgIpc) is 3.28. The van der Waals surface area contributed by atoms with Crippen molar-refractivity contribution in [2.24, 2.45) is 0 Å². The maximum atomic E-state index is 12.1. The van der Waals surface area contributed by atoms with E-state index in [2.05, 4.69) is 31.4 Å². The van der Waals surface area contributed by atoms with E-state index in [1.54, 1.807) is 14.0 Å². The van der Waals surface area contributed by atoms with Gasteiger partial charge >= 0.3 is 0 Å². The van der Waals surface area contributed by atoms with Crippen LogP contribution in [-0.4, -0.2) is 39.1 Å². The second-order valence-electron chi connectivity index (χ2n) is 9.38. The summed E-state index contributed by atoms with van der Waals surface area (Å²) >= 11 is 0. The van der Waals surface area contributed by atoms with Crippen LogP contribution in [0.4, 0.5) is 11.5 Å². The van der Waals surface area contributed by atoms with Crippen LogP contribution in [0.1, 0.15) is 12.6 Å². The number of ether oxygens (including phenoxy) is 2. The number of rotatable bonds is 9. The van der Waals surface area contributed by atoms with Crippen LogP contribution in [0.15, 0.2) is 85.2 Å². The van der Waals surface area contributed by atoms with Gasteiger partial charge in [-0.15, -0.1) is 0 Å². The van der Waals surface area contributed by atoms with Crippen molar-refractivity contribution < 1.29 is 14.3 Å². The Morgan fingerprint density at radius 2 is 1.75 bits per heavy atom. The van der Waals surface area contributed by atoms with Crippen LogP contribution in [0.3, 0.4) is 0 Å². The fraction of sp³-hybridized carbons (Fsp3) is 0.161. The normalized spacial score (nSPS) is 11.0. The summed E-state index contributed by atoms with van der Waals surface area (Å²) in [5.74, 6) is 1.34. The summed E-state index contributed by atoms with van der Waals surface area (Å²) in [5.41, 5.74) is 12.8. The standard InChI is InChI=1S/C31H30N6O3/c1-19(2)31(38)36-23-12-8-22(9-13-23)28-26(27-29(32)33-18-34-30(27)37(28)16-17-39-4)21-10-14-24(15-11-21)40-25-7-5-6-20(3)35-25/h5-15,18H,1,16-17H2,2-4H3,(H,36,38)(H2,32,33,34). The minimum Gasteiger partial charge on any atom is -0.439 e. The molecule has 40 heavy (non-hydrogen) atoms. The predicted octanol–water partition coefficient (Wildman–Crippen LogP) is 6.00. The number of fused-ring (bicyclic) bond motifs is 1. The summed E-state index contributed by atoms with van der Waals surface area (Å²) in [5, 5.41) is 3.61. The molecule has 0 saturated carbocycles. The van der Waals surface area contributed by atoms with E-state index in [0.717, 1.165) is 33.5 Å². The minimum absolute atomic E-state index is 0.228. The van der Waals surface area contributed by atoms with Crippen LogP contribution in [0.2, 0.25) is 0 Å². The highest BCUT2D eigenvalue weighted by molar-refractivity contribution is 6.08. The molecular weight excluding hydrogens is 504 g/mol. The van der Waals surface area contributed by atoms with Gasteiger partial charge in [0.1, 0.15) is 23.5 Å². The molecule has 9 heteroatoms. The van der Waals surface area contributed by atoms with Crippen LogP contribution in [0.5, 0.6) is 11.6 Å². The van der Waals surface area contributed by atoms with Gasteiger partial charge in [-0.1, -0.05) is 36.9 Å². The minimum atomic E-state index is -0.228. The molecule has 0 fully saturated rings. The van der Waals surface area contributed by atoms with Crippen LogP contribution in [-0.2, 0) is 16.1 Å². The molecule has 2 aromatic carbocycles. The summed E-state index contributed by atoms with van der Waals surface area (Å²) in [6.45, 7) is 8.32. The number of methoxy groups -OCH3 is 1. The number of nitrogens with one attached hydrogen (secondary N) is 1. The molecule has 0 aliphatic heterocycles. The summed E-state index contributed by atoms with van der Waals surface area (Å²) in [6, 6.07) is 21.1. The van der Waals surface area contributed by atoms with E-state index in [-0.39, 0.29) is 5.91 Å². The van der Waals surface area contributed by atoms with E-state index < -0.39 is 0 Å². The predicted molar refractivity (Wildman–Crippen MR) is 157 cm³/mol. The Bertz CT molecular complexity index is 1690. The highest BCUT2D eigenvalue weighted by atomic mass is 16.5. The largest absolute Gasteiger partial charge is 0.439 e. The third kappa shape index (κ3) is 5.41. The summed E-state index contributed by atoms with van der Waals surface area (Å²) in [6.07, 6.45) is 1.47. The van der Waals surface area contributed by atoms with Crippen LogP contribution in [0, 0.1) is 6.92 Å². The third-order valence-electron chi connectivity index (χ3n) is 6.42. The van der Waals surface area contributed by atoms with Crippen molar-refractivity contribution in [1.82, 2.24) is 19.5 Å². The van der Waals surface area contributed by atoms with E-state index in [9.17, 15) is 4.79 Å². The van der Waals surface area contributed by atoms with Gasteiger partial charge in [0.2, 0.25) is 5.88 Å². The van der Waals surface area contributed by atoms with Gasteiger partial charge in [0, 0.05) is 42.2 Å². The molecule has 5 aromatic rings. The van der Waals surface area contributed by atoms with Gasteiger partial charge in [0.25, 0.3) is 5.91 Å².